The number of fused-ring (bicyclic) bond motifs is 2. The van der Waals surface area contributed by atoms with E-state index in [1.165, 1.54) is 12.1 Å². The van der Waals surface area contributed by atoms with Gasteiger partial charge in [-0.1, -0.05) is 6.07 Å². The monoisotopic (exact) mass is 268 g/mol. The molecule has 0 amide bonds. The highest BCUT2D eigenvalue weighted by Crippen LogP contribution is 2.35. The highest BCUT2D eigenvalue weighted by molar-refractivity contribution is 5.81. The zero-order chi connectivity index (χ0) is 13.6. The molecule has 0 N–H and O–H groups in total. The lowest BCUT2D eigenvalue weighted by atomic mass is 9.95. The molecule has 0 bridgehead atoms. The molecule has 1 aliphatic rings. The molecule has 0 fully saturated rings. The third kappa shape index (κ3) is 1.93. The van der Waals surface area contributed by atoms with Gasteiger partial charge in [-0.25, -0.2) is 0 Å². The van der Waals surface area contributed by atoms with Crippen LogP contribution < -0.4 is 5.43 Å². The van der Waals surface area contributed by atoms with Crippen LogP contribution in [0.25, 0.3) is 11.0 Å². The molecule has 0 unspecified atom stereocenters. The predicted octanol–water partition coefficient (Wildman–Crippen LogP) is 3.69. The molecule has 0 aliphatic heterocycles. The lowest BCUT2D eigenvalue weighted by Crippen LogP contribution is -2.18. The van der Waals surface area contributed by atoms with Crippen molar-refractivity contribution in [2.24, 2.45) is 0 Å². The van der Waals surface area contributed by atoms with Crippen LogP contribution in [0, 0.1) is 0 Å². The Bertz CT molecular complexity index is 698. The Kier molecular flexibility index (Phi) is 2.66. The zero-order valence-electron chi connectivity index (χ0n) is 10.0. The van der Waals surface area contributed by atoms with E-state index < -0.39 is 11.7 Å². The smallest absolute Gasteiger partial charge is 0.420 e. The van der Waals surface area contributed by atoms with E-state index in [2.05, 4.69) is 0 Å². The van der Waals surface area contributed by atoms with Crippen LogP contribution in [0.3, 0.4) is 0 Å². The average Bonchev–Trinajstić information content (AvgIpc) is 2.37. The predicted molar refractivity (Wildman–Crippen MR) is 64.1 cm³/mol. The molecular weight excluding hydrogens is 257 g/mol. The fourth-order valence-electron chi connectivity index (χ4n) is 2.57. The number of aryl methyl sites for hydroxylation is 1. The summed E-state index contributed by atoms with van der Waals surface area (Å²) in [5.74, 6) is 0.417. The Morgan fingerprint density at radius 1 is 1.11 bits per heavy atom. The summed E-state index contributed by atoms with van der Waals surface area (Å²) >= 11 is 0. The van der Waals surface area contributed by atoms with Crippen molar-refractivity contribution >= 4 is 11.0 Å². The van der Waals surface area contributed by atoms with Gasteiger partial charge in [0.05, 0.1) is 10.9 Å². The van der Waals surface area contributed by atoms with E-state index in [-0.39, 0.29) is 16.4 Å². The van der Waals surface area contributed by atoms with Gasteiger partial charge in [0.2, 0.25) is 0 Å². The molecule has 0 spiro atoms. The van der Waals surface area contributed by atoms with Gasteiger partial charge in [0, 0.05) is 12.0 Å². The van der Waals surface area contributed by atoms with Gasteiger partial charge >= 0.3 is 6.18 Å². The van der Waals surface area contributed by atoms with Gasteiger partial charge in [-0.3, -0.25) is 4.79 Å². The minimum absolute atomic E-state index is 0.0236. The zero-order valence-corrected chi connectivity index (χ0v) is 10.0. The molecule has 5 heteroatoms. The second-order valence-corrected chi connectivity index (χ2v) is 4.72. The molecule has 0 saturated heterocycles. The van der Waals surface area contributed by atoms with Crippen LogP contribution in [0.4, 0.5) is 13.2 Å². The molecule has 2 aromatic rings. The van der Waals surface area contributed by atoms with Crippen molar-refractivity contribution in [2.45, 2.75) is 31.9 Å². The first-order chi connectivity index (χ1) is 8.98. The molecule has 1 aromatic heterocycles. The van der Waals surface area contributed by atoms with Gasteiger partial charge < -0.3 is 4.42 Å². The maximum absolute atomic E-state index is 12.9. The summed E-state index contributed by atoms with van der Waals surface area (Å²) in [6, 6.07) is 3.59. The molecule has 1 aromatic carbocycles. The van der Waals surface area contributed by atoms with Gasteiger partial charge in [-0.2, -0.15) is 13.2 Å². The van der Waals surface area contributed by atoms with Crippen LogP contribution in [0.15, 0.2) is 27.4 Å². The van der Waals surface area contributed by atoms with E-state index in [9.17, 15) is 18.0 Å². The topological polar surface area (TPSA) is 30.2 Å². The quantitative estimate of drug-likeness (QED) is 0.729. The number of halogens is 3. The first-order valence-electron chi connectivity index (χ1n) is 6.13. The van der Waals surface area contributed by atoms with Crippen molar-refractivity contribution < 1.29 is 17.6 Å². The summed E-state index contributed by atoms with van der Waals surface area (Å²) in [7, 11) is 0. The first kappa shape index (κ1) is 12.3. The Morgan fingerprint density at radius 2 is 1.84 bits per heavy atom. The third-order valence-electron chi connectivity index (χ3n) is 3.48. The molecule has 2 nitrogen and oxygen atoms in total. The lowest BCUT2D eigenvalue weighted by molar-refractivity contribution is -0.136. The van der Waals surface area contributed by atoms with Gasteiger partial charge in [0.1, 0.15) is 11.3 Å². The lowest BCUT2D eigenvalue weighted by Gasteiger charge is -2.16. The van der Waals surface area contributed by atoms with E-state index in [1.54, 1.807) is 0 Å². The average molecular weight is 268 g/mol. The van der Waals surface area contributed by atoms with Gasteiger partial charge in [0.15, 0.2) is 5.43 Å². The fourth-order valence-corrected chi connectivity index (χ4v) is 2.57. The Hall–Kier alpha value is -1.78. The number of benzene rings is 1. The van der Waals surface area contributed by atoms with Crippen LogP contribution in [-0.2, 0) is 19.0 Å². The second kappa shape index (κ2) is 4.11. The third-order valence-corrected chi connectivity index (χ3v) is 3.48. The van der Waals surface area contributed by atoms with Crippen LogP contribution in [0.2, 0.25) is 0 Å². The number of hydrogen-bond acceptors (Lipinski definition) is 2. The number of para-hydroxylation sites is 1. The Morgan fingerprint density at radius 3 is 2.58 bits per heavy atom. The number of rotatable bonds is 0. The van der Waals surface area contributed by atoms with E-state index >= 15 is 0 Å². The first-order valence-corrected chi connectivity index (χ1v) is 6.13. The van der Waals surface area contributed by atoms with E-state index in [4.69, 9.17) is 4.42 Å². The highest BCUT2D eigenvalue weighted by Gasteiger charge is 2.34. The Balaban J connectivity index is 2.39. The largest absolute Gasteiger partial charge is 0.460 e. The molecule has 1 aliphatic carbocycles. The van der Waals surface area contributed by atoms with Gasteiger partial charge in [-0.05, 0) is 31.4 Å². The molecule has 0 atom stereocenters. The molecular formula is C14H11F3O2. The SMILES string of the molecule is O=c1c2c(oc3c(C(F)(F)F)cccc13)CCCC2. The van der Waals surface area contributed by atoms with Crippen molar-refractivity contribution in [2.75, 3.05) is 0 Å². The summed E-state index contributed by atoms with van der Waals surface area (Å²) in [6.07, 6.45) is -1.67. The van der Waals surface area contributed by atoms with Gasteiger partial charge in [0.25, 0.3) is 0 Å². The van der Waals surface area contributed by atoms with Crippen LogP contribution in [0.1, 0.15) is 29.7 Å². The maximum Gasteiger partial charge on any atom is 0.420 e. The summed E-state index contributed by atoms with van der Waals surface area (Å²) in [5, 5.41) is 0.0236. The van der Waals surface area contributed by atoms with Crippen molar-refractivity contribution in [1.29, 1.82) is 0 Å². The van der Waals surface area contributed by atoms with Crippen molar-refractivity contribution in [3.05, 3.63) is 45.3 Å². The van der Waals surface area contributed by atoms with Gasteiger partial charge in [-0.15, -0.1) is 0 Å². The minimum atomic E-state index is -4.52. The molecule has 3 rings (SSSR count). The highest BCUT2D eigenvalue weighted by atomic mass is 19.4. The fraction of sp³-hybridized carbons (Fsp3) is 0.357. The molecule has 1 heterocycles. The van der Waals surface area contributed by atoms with Crippen LogP contribution in [0.5, 0.6) is 0 Å². The van der Waals surface area contributed by atoms with Crippen molar-refractivity contribution in [3.8, 4) is 0 Å². The summed E-state index contributed by atoms with van der Waals surface area (Å²) in [5.41, 5.74) is -0.990. The summed E-state index contributed by atoms with van der Waals surface area (Å²) in [6.45, 7) is 0. The Labute approximate surface area is 106 Å². The molecule has 100 valence electrons. The standard InChI is InChI=1S/C14H11F3O2/c15-14(16,17)10-6-3-5-9-12(18)8-4-1-2-7-11(8)19-13(9)10/h3,5-6H,1-2,4,7H2. The summed E-state index contributed by atoms with van der Waals surface area (Å²) in [4.78, 5) is 12.2. The van der Waals surface area contributed by atoms with Crippen molar-refractivity contribution in [1.82, 2.24) is 0 Å². The normalized spacial score (nSPS) is 15.5. The van der Waals surface area contributed by atoms with Crippen LogP contribution >= 0.6 is 0 Å². The second-order valence-electron chi connectivity index (χ2n) is 4.72. The number of hydrogen-bond donors (Lipinski definition) is 0. The molecule has 0 radical (unpaired) electrons. The van der Waals surface area contributed by atoms with Crippen molar-refractivity contribution in [3.63, 3.8) is 0 Å². The van der Waals surface area contributed by atoms with E-state index in [0.717, 1.165) is 18.9 Å². The summed E-state index contributed by atoms with van der Waals surface area (Å²) < 4.78 is 44.2. The van der Waals surface area contributed by atoms with E-state index in [0.29, 0.717) is 24.2 Å². The van der Waals surface area contributed by atoms with E-state index in [1.807, 2.05) is 0 Å². The number of alkyl halides is 3. The van der Waals surface area contributed by atoms with Crippen LogP contribution in [-0.4, -0.2) is 0 Å². The minimum Gasteiger partial charge on any atom is -0.460 e. The molecule has 19 heavy (non-hydrogen) atoms. The maximum atomic E-state index is 12.9. The molecule has 0 saturated carbocycles.